The van der Waals surface area contributed by atoms with Crippen LogP contribution in [-0.2, 0) is 0 Å². The lowest BCUT2D eigenvalue weighted by molar-refractivity contribution is 0.220. The van der Waals surface area contributed by atoms with Crippen molar-refractivity contribution in [3.8, 4) is 5.75 Å². The van der Waals surface area contributed by atoms with Crippen LogP contribution in [-0.4, -0.2) is 12.2 Å². The first-order valence-corrected chi connectivity index (χ1v) is 7.52. The van der Waals surface area contributed by atoms with Crippen LogP contribution in [0.25, 0.3) is 0 Å². The van der Waals surface area contributed by atoms with Crippen molar-refractivity contribution in [2.45, 2.75) is 6.10 Å². The molecule has 2 rings (SSSR count). The normalized spacial score (nSPS) is 12.3. The Morgan fingerprint density at radius 3 is 2.35 bits per heavy atom. The fourth-order valence-electron chi connectivity index (χ4n) is 1.77. The number of rotatable bonds is 3. The lowest BCUT2D eigenvalue weighted by atomic mass is 10.0. The maximum atomic E-state index is 10.4. The Morgan fingerprint density at radius 2 is 1.75 bits per heavy atom. The molecule has 0 aliphatic rings. The fraction of sp³-hybridized carbons (Fsp3) is 0.143. The van der Waals surface area contributed by atoms with Crippen molar-refractivity contribution < 1.29 is 9.84 Å². The highest BCUT2D eigenvalue weighted by atomic mass is 79.9. The van der Waals surface area contributed by atoms with Gasteiger partial charge in [-0.15, -0.1) is 0 Å². The molecule has 0 amide bonds. The van der Waals surface area contributed by atoms with Gasteiger partial charge in [-0.2, -0.15) is 0 Å². The summed E-state index contributed by atoms with van der Waals surface area (Å²) >= 11 is 21.5. The summed E-state index contributed by atoms with van der Waals surface area (Å²) < 4.78 is 5.83. The van der Waals surface area contributed by atoms with E-state index in [1.165, 1.54) is 7.11 Å². The van der Waals surface area contributed by atoms with E-state index in [-0.39, 0.29) is 0 Å². The SMILES string of the molecule is COc1cc(Cl)c(C(O)c2ccc(Br)c(Cl)c2)cc1Cl. The number of hydrogen-bond donors (Lipinski definition) is 1. The summed E-state index contributed by atoms with van der Waals surface area (Å²) in [5.74, 6) is 0.460. The van der Waals surface area contributed by atoms with E-state index >= 15 is 0 Å². The second-order valence-corrected chi connectivity index (χ2v) is 6.16. The fourth-order valence-corrected chi connectivity index (χ4v) is 2.71. The van der Waals surface area contributed by atoms with Gasteiger partial charge in [0.25, 0.3) is 0 Å². The maximum Gasteiger partial charge on any atom is 0.138 e. The van der Waals surface area contributed by atoms with Crippen LogP contribution in [0, 0.1) is 0 Å². The Labute approximate surface area is 140 Å². The standard InChI is InChI=1S/C14H10BrCl3O2/c1-20-13-6-10(16)8(5-12(13)18)14(19)7-2-3-9(15)11(17)4-7/h2-6,14,19H,1H3. The van der Waals surface area contributed by atoms with Gasteiger partial charge in [-0.1, -0.05) is 40.9 Å². The van der Waals surface area contributed by atoms with Crippen molar-refractivity contribution in [2.75, 3.05) is 7.11 Å². The molecule has 20 heavy (non-hydrogen) atoms. The minimum atomic E-state index is -0.920. The highest BCUT2D eigenvalue weighted by molar-refractivity contribution is 9.10. The molecule has 2 nitrogen and oxygen atoms in total. The predicted octanol–water partition coefficient (Wildman–Crippen LogP) is 5.50. The zero-order chi connectivity index (χ0) is 14.9. The van der Waals surface area contributed by atoms with E-state index in [9.17, 15) is 5.11 Å². The third-order valence-corrected chi connectivity index (χ3v) is 4.68. The van der Waals surface area contributed by atoms with E-state index in [1.54, 1.807) is 30.3 Å². The lowest BCUT2D eigenvalue weighted by Crippen LogP contribution is -2.01. The number of aliphatic hydroxyl groups is 1. The Balaban J connectivity index is 2.45. The molecule has 0 heterocycles. The maximum absolute atomic E-state index is 10.4. The summed E-state index contributed by atoms with van der Waals surface area (Å²) in [6, 6.07) is 8.35. The number of ether oxygens (including phenoxy) is 1. The van der Waals surface area contributed by atoms with Gasteiger partial charge in [0, 0.05) is 16.1 Å². The number of hydrogen-bond acceptors (Lipinski definition) is 2. The van der Waals surface area contributed by atoms with Gasteiger partial charge in [0.15, 0.2) is 0 Å². The highest BCUT2D eigenvalue weighted by Crippen LogP contribution is 2.37. The van der Waals surface area contributed by atoms with Crippen LogP contribution in [0.4, 0.5) is 0 Å². The zero-order valence-electron chi connectivity index (χ0n) is 10.3. The second-order valence-electron chi connectivity index (χ2n) is 4.08. The summed E-state index contributed by atoms with van der Waals surface area (Å²) in [4.78, 5) is 0. The quantitative estimate of drug-likeness (QED) is 0.742. The molecule has 0 aromatic heterocycles. The summed E-state index contributed by atoms with van der Waals surface area (Å²) in [7, 11) is 1.50. The van der Waals surface area contributed by atoms with Gasteiger partial charge in [-0.3, -0.25) is 0 Å². The minimum Gasteiger partial charge on any atom is -0.495 e. The van der Waals surface area contributed by atoms with Crippen LogP contribution in [0.2, 0.25) is 15.1 Å². The molecule has 0 fully saturated rings. The van der Waals surface area contributed by atoms with Crippen LogP contribution in [0.5, 0.6) is 5.75 Å². The van der Waals surface area contributed by atoms with Crippen molar-refractivity contribution in [1.29, 1.82) is 0 Å². The van der Waals surface area contributed by atoms with Gasteiger partial charge >= 0.3 is 0 Å². The molecule has 6 heteroatoms. The van der Waals surface area contributed by atoms with Gasteiger partial charge in [0.05, 0.1) is 22.2 Å². The van der Waals surface area contributed by atoms with Crippen LogP contribution in [0.3, 0.4) is 0 Å². The molecule has 0 aliphatic heterocycles. The van der Waals surface area contributed by atoms with E-state index in [1.807, 2.05) is 0 Å². The van der Waals surface area contributed by atoms with Crippen molar-refractivity contribution >= 4 is 50.7 Å². The van der Waals surface area contributed by atoms with Crippen LogP contribution < -0.4 is 4.74 Å². The molecule has 0 spiro atoms. The van der Waals surface area contributed by atoms with Crippen molar-refractivity contribution in [2.24, 2.45) is 0 Å². The molecule has 2 aromatic rings. The second kappa shape index (κ2) is 6.54. The van der Waals surface area contributed by atoms with Crippen molar-refractivity contribution in [3.63, 3.8) is 0 Å². The van der Waals surface area contributed by atoms with E-state index in [2.05, 4.69) is 15.9 Å². The van der Waals surface area contributed by atoms with Crippen molar-refractivity contribution in [3.05, 3.63) is 61.0 Å². The van der Waals surface area contributed by atoms with Crippen LogP contribution in [0.1, 0.15) is 17.2 Å². The van der Waals surface area contributed by atoms with Crippen LogP contribution >= 0.6 is 50.7 Å². The van der Waals surface area contributed by atoms with Gasteiger partial charge in [-0.25, -0.2) is 0 Å². The zero-order valence-corrected chi connectivity index (χ0v) is 14.2. The Morgan fingerprint density at radius 1 is 1.05 bits per heavy atom. The summed E-state index contributed by atoms with van der Waals surface area (Å²) in [5.41, 5.74) is 1.12. The Hall–Kier alpha value is -0.450. The Bertz CT molecular complexity index is 647. The molecule has 0 saturated carbocycles. The predicted molar refractivity (Wildman–Crippen MR) is 86.2 cm³/mol. The molecule has 106 valence electrons. The van der Waals surface area contributed by atoms with Gasteiger partial charge < -0.3 is 9.84 Å². The first-order valence-electron chi connectivity index (χ1n) is 5.60. The highest BCUT2D eigenvalue weighted by Gasteiger charge is 2.17. The number of benzene rings is 2. The van der Waals surface area contributed by atoms with E-state index in [0.29, 0.717) is 31.9 Å². The molecule has 1 atom stereocenters. The molecular weight excluding hydrogens is 386 g/mol. The van der Waals surface area contributed by atoms with E-state index in [0.717, 1.165) is 4.47 Å². The van der Waals surface area contributed by atoms with Crippen molar-refractivity contribution in [1.82, 2.24) is 0 Å². The molecule has 1 N–H and O–H groups in total. The van der Waals surface area contributed by atoms with E-state index in [4.69, 9.17) is 39.5 Å². The lowest BCUT2D eigenvalue weighted by Gasteiger charge is -2.15. The monoisotopic (exact) mass is 394 g/mol. The molecule has 1 unspecified atom stereocenters. The molecule has 0 saturated heterocycles. The first kappa shape index (κ1) is 15.9. The van der Waals surface area contributed by atoms with Crippen LogP contribution in [0.15, 0.2) is 34.8 Å². The third-order valence-electron chi connectivity index (χ3n) is 2.83. The average molecular weight is 396 g/mol. The summed E-state index contributed by atoms with van der Waals surface area (Å²) in [5, 5.41) is 11.7. The summed E-state index contributed by atoms with van der Waals surface area (Å²) in [6.07, 6.45) is -0.920. The molecule has 0 radical (unpaired) electrons. The summed E-state index contributed by atoms with van der Waals surface area (Å²) in [6.45, 7) is 0. The molecular formula is C14H10BrCl3O2. The number of aliphatic hydroxyl groups excluding tert-OH is 1. The largest absolute Gasteiger partial charge is 0.495 e. The van der Waals surface area contributed by atoms with Gasteiger partial charge in [0.2, 0.25) is 0 Å². The van der Waals surface area contributed by atoms with Gasteiger partial charge in [-0.05, 0) is 39.7 Å². The number of halogens is 4. The first-order chi connectivity index (χ1) is 9.43. The minimum absolute atomic E-state index is 0.373. The third kappa shape index (κ3) is 3.23. The van der Waals surface area contributed by atoms with Gasteiger partial charge in [0.1, 0.15) is 11.9 Å². The molecule has 2 aromatic carbocycles. The smallest absolute Gasteiger partial charge is 0.138 e. The molecule has 0 bridgehead atoms. The number of methoxy groups -OCH3 is 1. The van der Waals surface area contributed by atoms with E-state index < -0.39 is 6.10 Å². The topological polar surface area (TPSA) is 29.5 Å². The Kier molecular flexibility index (Phi) is 5.21. The molecule has 0 aliphatic carbocycles. The average Bonchev–Trinajstić information content (AvgIpc) is 2.43.